The Morgan fingerprint density at radius 2 is 1.95 bits per heavy atom. The molecule has 0 unspecified atom stereocenters. The van der Waals surface area contributed by atoms with Gasteiger partial charge in [0.1, 0.15) is 5.82 Å². The van der Waals surface area contributed by atoms with E-state index in [-0.39, 0.29) is 6.61 Å². The second-order valence-corrected chi connectivity index (χ2v) is 5.93. The van der Waals surface area contributed by atoms with Crippen LogP contribution >= 0.6 is 0 Å². The lowest BCUT2D eigenvalue weighted by Crippen LogP contribution is -2.12. The van der Waals surface area contributed by atoms with Crippen LogP contribution in [0.3, 0.4) is 0 Å². The molecule has 1 aliphatic heterocycles. The summed E-state index contributed by atoms with van der Waals surface area (Å²) in [5.41, 5.74) is 6.13. The van der Waals surface area contributed by atoms with E-state index >= 15 is 0 Å². The summed E-state index contributed by atoms with van der Waals surface area (Å²) in [5.74, 6) is 1.15. The van der Waals surface area contributed by atoms with Crippen LogP contribution in [0.4, 0.5) is 0 Å². The van der Waals surface area contributed by atoms with Crippen LogP contribution in [0.2, 0.25) is 0 Å². The molecule has 0 bridgehead atoms. The summed E-state index contributed by atoms with van der Waals surface area (Å²) in [5, 5.41) is 9.76. The fourth-order valence-electron chi connectivity index (χ4n) is 3.66. The van der Waals surface area contributed by atoms with E-state index in [1.54, 1.807) is 0 Å². The van der Waals surface area contributed by atoms with Crippen molar-refractivity contribution in [2.75, 3.05) is 0 Å². The van der Waals surface area contributed by atoms with Crippen molar-refractivity contribution < 1.29 is 5.11 Å². The molecule has 4 rings (SSSR count). The molecule has 2 aliphatic rings. The van der Waals surface area contributed by atoms with E-state index in [4.69, 9.17) is 4.98 Å². The van der Waals surface area contributed by atoms with Crippen LogP contribution in [-0.2, 0) is 32.4 Å². The van der Waals surface area contributed by atoms with Crippen LogP contribution in [0.5, 0.6) is 0 Å². The number of aliphatic hydroxyl groups excluding tert-OH is 1. The van der Waals surface area contributed by atoms with Gasteiger partial charge in [0, 0.05) is 18.5 Å². The van der Waals surface area contributed by atoms with E-state index < -0.39 is 0 Å². The van der Waals surface area contributed by atoms with Gasteiger partial charge in [-0.15, -0.1) is 0 Å². The van der Waals surface area contributed by atoms with E-state index in [0.29, 0.717) is 0 Å². The van der Waals surface area contributed by atoms with Crippen molar-refractivity contribution in [2.45, 2.75) is 51.7 Å². The summed E-state index contributed by atoms with van der Waals surface area (Å²) >= 11 is 0. The number of hydrogen-bond acceptors (Lipinski definition) is 2. The smallest absolute Gasteiger partial charge is 0.109 e. The molecule has 2 aromatic rings. The van der Waals surface area contributed by atoms with Crippen molar-refractivity contribution in [3.05, 3.63) is 40.8 Å². The fraction of sp³-hybridized carbons (Fsp3) is 0.471. The SMILES string of the molecule is OCc1c(-c2ccc3c(c2)CCC3)nc2n1CCCC2. The fourth-order valence-corrected chi connectivity index (χ4v) is 3.66. The molecule has 3 nitrogen and oxygen atoms in total. The summed E-state index contributed by atoms with van der Waals surface area (Å²) in [6, 6.07) is 6.71. The first kappa shape index (κ1) is 12.2. The second kappa shape index (κ2) is 4.74. The standard InChI is InChI=1S/C17H20N2O/c20-11-15-17(18-16-6-1-2-9-19(15)16)14-8-7-12-4-3-5-13(12)10-14/h7-8,10,20H,1-6,9,11H2. The highest BCUT2D eigenvalue weighted by Gasteiger charge is 2.21. The molecular weight excluding hydrogens is 248 g/mol. The van der Waals surface area contributed by atoms with Gasteiger partial charge in [-0.05, 0) is 49.3 Å². The van der Waals surface area contributed by atoms with Gasteiger partial charge in [0.2, 0.25) is 0 Å². The summed E-state index contributed by atoms with van der Waals surface area (Å²) in [4.78, 5) is 4.82. The van der Waals surface area contributed by atoms with Gasteiger partial charge in [0.15, 0.2) is 0 Å². The Bertz CT molecular complexity index is 657. The average Bonchev–Trinajstić information content (AvgIpc) is 3.10. The third-order valence-electron chi connectivity index (χ3n) is 4.71. The van der Waals surface area contributed by atoms with Gasteiger partial charge in [-0.2, -0.15) is 0 Å². The molecule has 2 heterocycles. The normalized spacial score (nSPS) is 17.1. The minimum atomic E-state index is 0.0828. The van der Waals surface area contributed by atoms with Crippen molar-refractivity contribution in [3.63, 3.8) is 0 Å². The average molecular weight is 268 g/mol. The molecule has 0 spiro atoms. The predicted octanol–water partition coefficient (Wildman–Crippen LogP) is 2.87. The van der Waals surface area contributed by atoms with E-state index in [0.717, 1.165) is 30.2 Å². The Balaban J connectivity index is 1.83. The van der Waals surface area contributed by atoms with Crippen LogP contribution in [0.25, 0.3) is 11.3 Å². The molecule has 1 aliphatic carbocycles. The highest BCUT2D eigenvalue weighted by atomic mass is 16.3. The van der Waals surface area contributed by atoms with Crippen molar-refractivity contribution >= 4 is 0 Å². The number of imidazole rings is 1. The van der Waals surface area contributed by atoms with E-state index in [1.165, 1.54) is 48.8 Å². The number of rotatable bonds is 2. The highest BCUT2D eigenvalue weighted by molar-refractivity contribution is 5.64. The second-order valence-electron chi connectivity index (χ2n) is 5.93. The molecule has 0 saturated carbocycles. The lowest BCUT2D eigenvalue weighted by Gasteiger charge is -2.15. The maximum Gasteiger partial charge on any atom is 0.109 e. The summed E-state index contributed by atoms with van der Waals surface area (Å²) in [7, 11) is 0. The van der Waals surface area contributed by atoms with E-state index in [9.17, 15) is 5.11 Å². The number of aliphatic hydroxyl groups is 1. The van der Waals surface area contributed by atoms with Gasteiger partial charge in [-0.3, -0.25) is 0 Å². The minimum Gasteiger partial charge on any atom is -0.390 e. The van der Waals surface area contributed by atoms with Gasteiger partial charge in [0.05, 0.1) is 18.0 Å². The van der Waals surface area contributed by atoms with Crippen LogP contribution in [0.1, 0.15) is 41.9 Å². The molecular formula is C17H20N2O. The molecule has 1 aromatic carbocycles. The van der Waals surface area contributed by atoms with Crippen molar-refractivity contribution in [2.24, 2.45) is 0 Å². The first-order chi connectivity index (χ1) is 9.86. The Hall–Kier alpha value is -1.61. The molecule has 104 valence electrons. The zero-order valence-electron chi connectivity index (χ0n) is 11.7. The van der Waals surface area contributed by atoms with Gasteiger partial charge in [-0.25, -0.2) is 4.98 Å². The minimum absolute atomic E-state index is 0.0828. The monoisotopic (exact) mass is 268 g/mol. The van der Waals surface area contributed by atoms with E-state index in [1.807, 2.05) is 0 Å². The van der Waals surface area contributed by atoms with Crippen LogP contribution in [0, 0.1) is 0 Å². The first-order valence-corrected chi connectivity index (χ1v) is 7.68. The quantitative estimate of drug-likeness (QED) is 0.909. The number of benzene rings is 1. The molecule has 0 atom stereocenters. The lowest BCUT2D eigenvalue weighted by atomic mass is 10.0. The largest absolute Gasteiger partial charge is 0.390 e. The van der Waals surface area contributed by atoms with Crippen LogP contribution in [-0.4, -0.2) is 14.7 Å². The molecule has 0 radical (unpaired) electrons. The molecule has 1 aromatic heterocycles. The summed E-state index contributed by atoms with van der Waals surface area (Å²) in [6.07, 6.45) is 7.11. The number of hydrogen-bond donors (Lipinski definition) is 1. The highest BCUT2D eigenvalue weighted by Crippen LogP contribution is 2.31. The molecule has 0 saturated heterocycles. The zero-order valence-corrected chi connectivity index (χ0v) is 11.7. The summed E-state index contributed by atoms with van der Waals surface area (Å²) < 4.78 is 2.23. The van der Waals surface area contributed by atoms with E-state index in [2.05, 4.69) is 22.8 Å². The van der Waals surface area contributed by atoms with Crippen LogP contribution in [0.15, 0.2) is 18.2 Å². The molecule has 3 heteroatoms. The van der Waals surface area contributed by atoms with Gasteiger partial charge < -0.3 is 9.67 Å². The van der Waals surface area contributed by atoms with Gasteiger partial charge >= 0.3 is 0 Å². The molecule has 0 amide bonds. The zero-order chi connectivity index (χ0) is 13.5. The van der Waals surface area contributed by atoms with Crippen molar-refractivity contribution in [1.82, 2.24) is 9.55 Å². The third-order valence-corrected chi connectivity index (χ3v) is 4.71. The maximum absolute atomic E-state index is 9.76. The molecule has 20 heavy (non-hydrogen) atoms. The lowest BCUT2D eigenvalue weighted by molar-refractivity contribution is 0.268. The predicted molar refractivity (Wildman–Crippen MR) is 78.5 cm³/mol. The first-order valence-electron chi connectivity index (χ1n) is 7.68. The number of fused-ring (bicyclic) bond motifs is 2. The Morgan fingerprint density at radius 1 is 1.05 bits per heavy atom. The Labute approximate surface area is 119 Å². The Morgan fingerprint density at radius 3 is 2.85 bits per heavy atom. The number of aromatic nitrogens is 2. The topological polar surface area (TPSA) is 38.1 Å². The Kier molecular flexibility index (Phi) is 2.88. The van der Waals surface area contributed by atoms with Gasteiger partial charge in [-0.1, -0.05) is 12.1 Å². The van der Waals surface area contributed by atoms with Gasteiger partial charge in [0.25, 0.3) is 0 Å². The molecule has 1 N–H and O–H groups in total. The third kappa shape index (κ3) is 1.80. The molecule has 0 fully saturated rings. The number of nitrogens with zero attached hydrogens (tertiary/aromatic N) is 2. The summed E-state index contributed by atoms with van der Waals surface area (Å²) in [6.45, 7) is 1.09. The van der Waals surface area contributed by atoms with Crippen molar-refractivity contribution in [1.29, 1.82) is 0 Å². The van der Waals surface area contributed by atoms with Crippen molar-refractivity contribution in [3.8, 4) is 11.3 Å². The number of aryl methyl sites for hydroxylation is 3. The maximum atomic E-state index is 9.76. The van der Waals surface area contributed by atoms with Crippen LogP contribution < -0.4 is 0 Å².